The minimum absolute atomic E-state index is 0.0244. The Kier molecular flexibility index (Phi) is 11.4. The highest BCUT2D eigenvalue weighted by atomic mass is 35.5. The van der Waals surface area contributed by atoms with Gasteiger partial charge in [-0.05, 0) is 12.5 Å². The van der Waals surface area contributed by atoms with E-state index in [2.05, 4.69) is 15.1 Å². The van der Waals surface area contributed by atoms with Gasteiger partial charge in [0, 0.05) is 23.5 Å². The zero-order valence-corrected chi connectivity index (χ0v) is 18.2. The molecule has 14 heteroatoms. The molecule has 1 aromatic carbocycles. The van der Waals surface area contributed by atoms with Crippen molar-refractivity contribution in [1.82, 2.24) is 5.32 Å². The summed E-state index contributed by atoms with van der Waals surface area (Å²) in [7, 11) is 2.91. The van der Waals surface area contributed by atoms with Gasteiger partial charge in [0.05, 0.1) is 15.7 Å². The Morgan fingerprint density at radius 3 is 2.62 bits per heavy atom. The molecule has 1 amide bonds. The van der Waals surface area contributed by atoms with Crippen molar-refractivity contribution in [2.75, 3.05) is 18.1 Å². The van der Waals surface area contributed by atoms with Crippen LogP contribution in [-0.4, -0.2) is 35.1 Å². The molecular weight excluding hydrogens is 463 g/mol. The number of amides is 1. The SMILES string of the molecule is NC(/N=C(\N)NC(=O)CCCSSCCO[N+](=O)[O-])=C(/N)c1cccc(Cl)c1Cl. The lowest BCUT2D eigenvalue weighted by Crippen LogP contribution is -2.37. The van der Waals surface area contributed by atoms with Crippen molar-refractivity contribution < 1.29 is 14.7 Å². The van der Waals surface area contributed by atoms with Crippen molar-refractivity contribution in [3.8, 4) is 0 Å². The minimum Gasteiger partial charge on any atom is -0.395 e. The molecule has 0 fully saturated rings. The monoisotopic (exact) mass is 482 g/mol. The van der Waals surface area contributed by atoms with E-state index < -0.39 is 5.09 Å². The Labute approximate surface area is 185 Å². The zero-order valence-electron chi connectivity index (χ0n) is 15.1. The highest BCUT2D eigenvalue weighted by molar-refractivity contribution is 8.76. The molecule has 0 aliphatic heterocycles. The highest BCUT2D eigenvalue weighted by Crippen LogP contribution is 2.29. The van der Waals surface area contributed by atoms with E-state index in [0.29, 0.717) is 28.5 Å². The summed E-state index contributed by atoms with van der Waals surface area (Å²) in [5, 5.41) is 12.1. The number of rotatable bonds is 11. The van der Waals surface area contributed by atoms with Gasteiger partial charge in [0.1, 0.15) is 6.61 Å². The van der Waals surface area contributed by atoms with Gasteiger partial charge in [0.2, 0.25) is 11.9 Å². The van der Waals surface area contributed by atoms with E-state index >= 15 is 0 Å². The molecular formula is C15H20Cl2N6O4S2. The van der Waals surface area contributed by atoms with Gasteiger partial charge in [0.25, 0.3) is 5.09 Å². The molecule has 1 aromatic rings. The van der Waals surface area contributed by atoms with E-state index in [0.717, 1.165) is 0 Å². The second kappa shape index (κ2) is 13.2. The second-order valence-electron chi connectivity index (χ2n) is 5.25. The molecule has 0 radical (unpaired) electrons. The summed E-state index contributed by atoms with van der Waals surface area (Å²) in [5.41, 5.74) is 17.9. The quantitative estimate of drug-likeness (QED) is 0.0920. The van der Waals surface area contributed by atoms with Crippen molar-refractivity contribution >= 4 is 62.4 Å². The molecule has 10 nitrogen and oxygen atoms in total. The molecule has 0 aliphatic rings. The third kappa shape index (κ3) is 9.83. The second-order valence-corrected chi connectivity index (χ2v) is 8.74. The van der Waals surface area contributed by atoms with Crippen LogP contribution in [0.2, 0.25) is 10.0 Å². The maximum Gasteiger partial charge on any atom is 0.294 e. The molecule has 0 bridgehead atoms. The number of halogens is 2. The Bertz CT molecular complexity index is 794. The van der Waals surface area contributed by atoms with Crippen LogP contribution < -0.4 is 22.5 Å². The summed E-state index contributed by atoms with van der Waals surface area (Å²) < 4.78 is 0. The maximum absolute atomic E-state index is 11.9. The largest absolute Gasteiger partial charge is 0.395 e. The molecule has 7 N–H and O–H groups in total. The molecule has 0 saturated heterocycles. The van der Waals surface area contributed by atoms with Gasteiger partial charge < -0.3 is 22.0 Å². The van der Waals surface area contributed by atoms with Gasteiger partial charge >= 0.3 is 0 Å². The van der Waals surface area contributed by atoms with E-state index in [9.17, 15) is 14.9 Å². The van der Waals surface area contributed by atoms with E-state index in [-0.39, 0.29) is 41.4 Å². The number of guanidine groups is 1. The van der Waals surface area contributed by atoms with Crippen molar-refractivity contribution in [2.24, 2.45) is 22.2 Å². The summed E-state index contributed by atoms with van der Waals surface area (Å²) in [4.78, 5) is 29.9. The fourth-order valence-electron chi connectivity index (χ4n) is 1.83. The van der Waals surface area contributed by atoms with Gasteiger partial charge in [-0.15, -0.1) is 10.1 Å². The predicted octanol–water partition coefficient (Wildman–Crippen LogP) is 2.34. The summed E-state index contributed by atoms with van der Waals surface area (Å²) in [6, 6.07) is 4.88. The van der Waals surface area contributed by atoms with Crippen LogP contribution in [0.15, 0.2) is 29.0 Å². The van der Waals surface area contributed by atoms with Crippen LogP contribution in [0, 0.1) is 10.1 Å². The smallest absolute Gasteiger partial charge is 0.294 e. The summed E-state index contributed by atoms with van der Waals surface area (Å²) in [6.45, 7) is 0.0244. The number of nitrogens with zero attached hydrogens (tertiary/aromatic N) is 2. The van der Waals surface area contributed by atoms with Crippen molar-refractivity contribution in [1.29, 1.82) is 0 Å². The fourth-order valence-corrected chi connectivity index (χ4v) is 4.14. The molecule has 0 unspecified atom stereocenters. The lowest BCUT2D eigenvalue weighted by atomic mass is 10.1. The van der Waals surface area contributed by atoms with Crippen LogP contribution in [0.3, 0.4) is 0 Å². The number of carbonyl (C=O) groups excluding carboxylic acids is 1. The molecule has 160 valence electrons. The first-order valence-corrected chi connectivity index (χ1v) is 11.3. The topological polar surface area (TPSA) is 172 Å². The number of nitrogens with one attached hydrogen (secondary N) is 1. The standard InChI is InChI=1S/C15H20Cl2N6O4S2/c16-10-4-1-3-9(12(10)17)13(18)14(19)22-15(20)21-11(24)5-2-7-28-29-8-6-27-23(25)26/h1,3-4H,2,5-8,18-19H2,(H3,20,21,22,24)/b14-13-. The molecule has 29 heavy (non-hydrogen) atoms. The first-order chi connectivity index (χ1) is 13.7. The average molecular weight is 483 g/mol. The lowest BCUT2D eigenvalue weighted by Gasteiger charge is -2.09. The summed E-state index contributed by atoms with van der Waals surface area (Å²) in [6.07, 6.45) is 0.798. The number of benzene rings is 1. The number of hydrogen-bond acceptors (Lipinski definition) is 9. The lowest BCUT2D eigenvalue weighted by molar-refractivity contribution is -0.756. The highest BCUT2D eigenvalue weighted by Gasteiger charge is 2.11. The van der Waals surface area contributed by atoms with E-state index in [4.69, 9.17) is 40.4 Å². The molecule has 0 atom stereocenters. The van der Waals surface area contributed by atoms with Crippen LogP contribution in [0.5, 0.6) is 0 Å². The van der Waals surface area contributed by atoms with Crippen LogP contribution in [0.1, 0.15) is 18.4 Å². The fraction of sp³-hybridized carbons (Fsp3) is 0.333. The third-order valence-electron chi connectivity index (χ3n) is 3.10. The van der Waals surface area contributed by atoms with Crippen LogP contribution in [-0.2, 0) is 9.63 Å². The molecule has 0 saturated carbocycles. The number of nitrogens with two attached hydrogens (primary N) is 3. The number of aliphatic imine (C=N–C) groups is 1. The van der Waals surface area contributed by atoms with Crippen molar-refractivity contribution in [3.63, 3.8) is 0 Å². The van der Waals surface area contributed by atoms with E-state index in [1.165, 1.54) is 21.6 Å². The van der Waals surface area contributed by atoms with Gasteiger partial charge in [-0.1, -0.05) is 56.9 Å². The number of carbonyl (C=O) groups is 1. The van der Waals surface area contributed by atoms with Gasteiger partial charge in [0.15, 0.2) is 5.82 Å². The Hall–Kier alpha value is -2.02. The van der Waals surface area contributed by atoms with Crippen LogP contribution in [0.25, 0.3) is 5.70 Å². The van der Waals surface area contributed by atoms with Crippen molar-refractivity contribution in [3.05, 3.63) is 49.7 Å². The molecule has 0 aliphatic carbocycles. The third-order valence-corrected chi connectivity index (χ3v) is 6.38. The van der Waals surface area contributed by atoms with Crippen molar-refractivity contribution in [2.45, 2.75) is 12.8 Å². The van der Waals surface area contributed by atoms with Gasteiger partial charge in [-0.2, -0.15) is 4.99 Å². The zero-order chi connectivity index (χ0) is 21.8. The molecule has 1 rings (SSSR count). The first kappa shape index (κ1) is 25.0. The first-order valence-electron chi connectivity index (χ1n) is 8.07. The van der Waals surface area contributed by atoms with E-state index in [1.807, 2.05) is 0 Å². The van der Waals surface area contributed by atoms with Crippen LogP contribution >= 0.6 is 44.8 Å². The molecule has 0 aromatic heterocycles. The predicted molar refractivity (Wildman–Crippen MR) is 119 cm³/mol. The molecule has 0 heterocycles. The average Bonchev–Trinajstić information content (AvgIpc) is 2.65. The Morgan fingerprint density at radius 2 is 1.93 bits per heavy atom. The summed E-state index contributed by atoms with van der Waals surface area (Å²) in [5.74, 6) is 0.501. The number of hydrogen-bond donors (Lipinski definition) is 4. The Morgan fingerprint density at radius 1 is 1.24 bits per heavy atom. The van der Waals surface area contributed by atoms with Crippen LogP contribution in [0.4, 0.5) is 0 Å². The normalized spacial score (nSPS) is 12.3. The maximum atomic E-state index is 11.9. The van der Waals surface area contributed by atoms with Gasteiger partial charge in [-0.3, -0.25) is 10.1 Å². The summed E-state index contributed by atoms with van der Waals surface area (Å²) >= 11 is 12.0. The minimum atomic E-state index is -0.833. The Balaban J connectivity index is 2.42. The molecule has 0 spiro atoms. The van der Waals surface area contributed by atoms with E-state index in [1.54, 1.807) is 18.2 Å². The van der Waals surface area contributed by atoms with Gasteiger partial charge in [-0.25, -0.2) is 0 Å².